The summed E-state index contributed by atoms with van der Waals surface area (Å²) in [7, 11) is 0. The lowest BCUT2D eigenvalue weighted by Gasteiger charge is -2.26. The van der Waals surface area contributed by atoms with E-state index in [4.69, 9.17) is 9.47 Å². The Balaban J connectivity index is 1.88. The van der Waals surface area contributed by atoms with Gasteiger partial charge in [0.1, 0.15) is 13.2 Å². The molecule has 2 heterocycles. The first-order chi connectivity index (χ1) is 9.74. The van der Waals surface area contributed by atoms with Gasteiger partial charge < -0.3 is 14.8 Å². The van der Waals surface area contributed by atoms with Crippen LogP contribution in [0, 0.1) is 5.92 Å². The van der Waals surface area contributed by atoms with Crippen LogP contribution in [-0.2, 0) is 6.42 Å². The second-order valence-electron chi connectivity index (χ2n) is 5.40. The van der Waals surface area contributed by atoms with Gasteiger partial charge in [-0.05, 0) is 56.0 Å². The normalized spacial score (nSPS) is 19.4. The molecule has 20 heavy (non-hydrogen) atoms. The van der Waals surface area contributed by atoms with E-state index in [-0.39, 0.29) is 5.56 Å². The molecule has 1 N–H and O–H groups in total. The van der Waals surface area contributed by atoms with Crippen LogP contribution in [0.1, 0.15) is 30.4 Å². The number of fused-ring (bicyclic) bond motifs is 1. The van der Waals surface area contributed by atoms with E-state index in [0.717, 1.165) is 37.9 Å². The molecule has 1 saturated heterocycles. The van der Waals surface area contributed by atoms with E-state index in [2.05, 4.69) is 5.32 Å². The fourth-order valence-electron chi connectivity index (χ4n) is 2.92. The van der Waals surface area contributed by atoms with Crippen molar-refractivity contribution in [3.63, 3.8) is 0 Å². The molecule has 110 valence electrons. The molecule has 1 fully saturated rings. The molecule has 1 aromatic rings. The van der Waals surface area contributed by atoms with Gasteiger partial charge in [0.15, 0.2) is 11.5 Å². The fraction of sp³-hybridized carbons (Fsp3) is 0.600. The van der Waals surface area contributed by atoms with Crippen molar-refractivity contribution in [2.24, 2.45) is 5.92 Å². The molecule has 0 bridgehead atoms. The number of piperidine rings is 1. The summed E-state index contributed by atoms with van der Waals surface area (Å²) < 4.78 is 37.1. The second-order valence-corrected chi connectivity index (χ2v) is 5.40. The molecule has 0 unspecified atom stereocenters. The molecule has 3 rings (SSSR count). The summed E-state index contributed by atoms with van der Waals surface area (Å²) in [5.41, 5.74) is 0.891. The predicted octanol–water partition coefficient (Wildman–Crippen LogP) is 2.94. The molecule has 5 heteroatoms. The second kappa shape index (κ2) is 5.95. The summed E-state index contributed by atoms with van der Waals surface area (Å²) in [5.74, 6) is 1.66. The Labute approximate surface area is 117 Å². The van der Waals surface area contributed by atoms with Crippen LogP contribution < -0.4 is 14.8 Å². The number of nitrogens with one attached hydrogen (secondary N) is 1. The number of benzene rings is 1. The summed E-state index contributed by atoms with van der Waals surface area (Å²) in [5, 5.41) is 3.32. The molecule has 0 aliphatic carbocycles. The van der Waals surface area contributed by atoms with Crippen LogP contribution in [0.15, 0.2) is 12.1 Å². The van der Waals surface area contributed by atoms with Crippen molar-refractivity contribution in [1.29, 1.82) is 0 Å². The van der Waals surface area contributed by atoms with Crippen LogP contribution in [0.4, 0.5) is 8.78 Å². The van der Waals surface area contributed by atoms with Crippen molar-refractivity contribution in [3.8, 4) is 11.5 Å². The smallest absolute Gasteiger partial charge is 0.263 e. The van der Waals surface area contributed by atoms with E-state index >= 15 is 0 Å². The van der Waals surface area contributed by atoms with Gasteiger partial charge in [0, 0.05) is 5.56 Å². The fourth-order valence-corrected chi connectivity index (χ4v) is 2.92. The van der Waals surface area contributed by atoms with E-state index in [1.165, 1.54) is 6.07 Å². The van der Waals surface area contributed by atoms with Gasteiger partial charge in [-0.15, -0.1) is 0 Å². The van der Waals surface area contributed by atoms with Crippen molar-refractivity contribution in [1.82, 2.24) is 5.32 Å². The number of hydrogen-bond acceptors (Lipinski definition) is 3. The number of alkyl halides is 2. The minimum absolute atomic E-state index is 0.0261. The van der Waals surface area contributed by atoms with Crippen LogP contribution in [0.3, 0.4) is 0 Å². The van der Waals surface area contributed by atoms with Crippen LogP contribution in [-0.4, -0.2) is 26.3 Å². The number of hydrogen-bond donors (Lipinski definition) is 1. The lowest BCUT2D eigenvalue weighted by molar-refractivity contribution is 0.146. The zero-order chi connectivity index (χ0) is 13.9. The Kier molecular flexibility index (Phi) is 4.05. The quantitative estimate of drug-likeness (QED) is 0.925. The Morgan fingerprint density at radius 1 is 1.15 bits per heavy atom. The number of rotatable bonds is 3. The molecular formula is C15H19F2NO2. The molecule has 0 aromatic heterocycles. The lowest BCUT2D eigenvalue weighted by atomic mass is 9.89. The average Bonchev–Trinajstić information content (AvgIpc) is 2.48. The van der Waals surface area contributed by atoms with E-state index in [9.17, 15) is 8.78 Å². The van der Waals surface area contributed by atoms with Gasteiger partial charge in [-0.3, -0.25) is 0 Å². The highest BCUT2D eigenvalue weighted by Gasteiger charge is 2.23. The van der Waals surface area contributed by atoms with Crippen LogP contribution >= 0.6 is 0 Å². The Hall–Kier alpha value is -1.36. The number of ether oxygens (including phenoxy) is 2. The third-order valence-corrected chi connectivity index (χ3v) is 3.96. The van der Waals surface area contributed by atoms with Crippen molar-refractivity contribution < 1.29 is 18.3 Å². The van der Waals surface area contributed by atoms with Crippen LogP contribution in [0.25, 0.3) is 0 Å². The first-order valence-corrected chi connectivity index (χ1v) is 7.15. The summed E-state index contributed by atoms with van der Waals surface area (Å²) in [6.45, 7) is 2.91. The van der Waals surface area contributed by atoms with Crippen molar-refractivity contribution in [3.05, 3.63) is 23.3 Å². The van der Waals surface area contributed by atoms with Gasteiger partial charge in [0.25, 0.3) is 6.43 Å². The van der Waals surface area contributed by atoms with Gasteiger partial charge >= 0.3 is 0 Å². The highest BCUT2D eigenvalue weighted by molar-refractivity contribution is 5.50. The van der Waals surface area contributed by atoms with Gasteiger partial charge in [-0.25, -0.2) is 8.78 Å². The molecule has 0 spiro atoms. The maximum Gasteiger partial charge on any atom is 0.263 e. The molecule has 0 amide bonds. The molecule has 0 radical (unpaired) electrons. The highest BCUT2D eigenvalue weighted by atomic mass is 19.3. The Morgan fingerprint density at radius 3 is 2.65 bits per heavy atom. The molecule has 0 atom stereocenters. The summed E-state index contributed by atoms with van der Waals surface area (Å²) in [6, 6.07) is 2.99. The van der Waals surface area contributed by atoms with E-state index in [0.29, 0.717) is 30.6 Å². The first-order valence-electron chi connectivity index (χ1n) is 7.15. The molecule has 2 aliphatic rings. The van der Waals surface area contributed by atoms with E-state index in [1.54, 1.807) is 6.07 Å². The SMILES string of the molecule is FC(F)c1cc(CC2CCNCC2)c2c(c1)OCCO2. The van der Waals surface area contributed by atoms with E-state index < -0.39 is 6.43 Å². The maximum atomic E-state index is 13.0. The monoisotopic (exact) mass is 283 g/mol. The van der Waals surface area contributed by atoms with Crippen molar-refractivity contribution >= 4 is 0 Å². The van der Waals surface area contributed by atoms with Crippen molar-refractivity contribution in [2.45, 2.75) is 25.7 Å². The van der Waals surface area contributed by atoms with Gasteiger partial charge in [-0.1, -0.05) is 0 Å². The Bertz CT molecular complexity index is 473. The zero-order valence-electron chi connectivity index (χ0n) is 11.3. The van der Waals surface area contributed by atoms with Gasteiger partial charge in [0.2, 0.25) is 0 Å². The number of halogens is 2. The van der Waals surface area contributed by atoms with Crippen molar-refractivity contribution in [2.75, 3.05) is 26.3 Å². The first kappa shape index (κ1) is 13.6. The minimum atomic E-state index is -2.47. The molecule has 3 nitrogen and oxygen atoms in total. The minimum Gasteiger partial charge on any atom is -0.486 e. The third-order valence-electron chi connectivity index (χ3n) is 3.96. The predicted molar refractivity (Wildman–Crippen MR) is 71.7 cm³/mol. The molecule has 2 aliphatic heterocycles. The lowest BCUT2D eigenvalue weighted by Crippen LogP contribution is -2.29. The van der Waals surface area contributed by atoms with Crippen LogP contribution in [0.5, 0.6) is 11.5 Å². The van der Waals surface area contributed by atoms with Gasteiger partial charge in [-0.2, -0.15) is 0 Å². The summed E-state index contributed by atoms with van der Waals surface area (Å²) in [4.78, 5) is 0. The maximum absolute atomic E-state index is 13.0. The summed E-state index contributed by atoms with van der Waals surface area (Å²) >= 11 is 0. The van der Waals surface area contributed by atoms with Gasteiger partial charge in [0.05, 0.1) is 0 Å². The standard InChI is InChI=1S/C15H19F2NO2/c16-15(17)12-8-11(7-10-1-3-18-4-2-10)14-13(9-12)19-5-6-20-14/h8-10,15,18H,1-7H2. The zero-order valence-corrected chi connectivity index (χ0v) is 11.3. The highest BCUT2D eigenvalue weighted by Crippen LogP contribution is 2.39. The van der Waals surface area contributed by atoms with E-state index in [1.807, 2.05) is 0 Å². The largest absolute Gasteiger partial charge is 0.486 e. The molecular weight excluding hydrogens is 264 g/mol. The third kappa shape index (κ3) is 2.87. The molecule has 0 saturated carbocycles. The summed E-state index contributed by atoms with van der Waals surface area (Å²) in [6.07, 6.45) is 0.467. The topological polar surface area (TPSA) is 30.5 Å². The molecule has 1 aromatic carbocycles. The Morgan fingerprint density at radius 2 is 1.90 bits per heavy atom. The average molecular weight is 283 g/mol. The van der Waals surface area contributed by atoms with Crippen LogP contribution in [0.2, 0.25) is 0 Å².